The highest BCUT2D eigenvalue weighted by molar-refractivity contribution is 6.24. The van der Waals surface area contributed by atoms with Gasteiger partial charge in [0.1, 0.15) is 5.76 Å². The van der Waals surface area contributed by atoms with Crippen LogP contribution in [0.3, 0.4) is 0 Å². The molecule has 0 bridgehead atoms. The quantitative estimate of drug-likeness (QED) is 0.840. The smallest absolute Gasteiger partial charge is 0.252 e. The maximum atomic E-state index is 12.4. The molecule has 0 fully saturated rings. The number of carbonyl (C=O) groups excluding carboxylic acids is 1. The van der Waals surface area contributed by atoms with Crippen LogP contribution in [0, 0.1) is 0 Å². The van der Waals surface area contributed by atoms with Crippen LogP contribution in [0.15, 0.2) is 53.1 Å². The molecule has 104 valence electrons. The summed E-state index contributed by atoms with van der Waals surface area (Å²) in [5.74, 6) is 0.588. The summed E-state index contributed by atoms with van der Waals surface area (Å²) in [6.07, 6.45) is 4.27. The van der Waals surface area contributed by atoms with Crippen LogP contribution >= 0.6 is 0 Å². The molecule has 0 radical (unpaired) electrons. The first-order chi connectivity index (χ1) is 9.70. The van der Waals surface area contributed by atoms with Crippen molar-refractivity contribution < 1.29 is 9.21 Å². The second kappa shape index (κ2) is 6.75. The minimum absolute atomic E-state index is 0.0815. The van der Waals surface area contributed by atoms with Crippen molar-refractivity contribution in [3.05, 3.63) is 60.1 Å². The van der Waals surface area contributed by atoms with E-state index < -0.39 is 0 Å². The maximum absolute atomic E-state index is 12.4. The lowest BCUT2D eigenvalue weighted by atomic mass is 10.0. The molecule has 1 aromatic carbocycles. The monoisotopic (exact) mass is 269 g/mol. The molecule has 0 saturated carbocycles. The Hall–Kier alpha value is -2.29. The van der Waals surface area contributed by atoms with Crippen molar-refractivity contribution in [3.8, 4) is 0 Å². The Morgan fingerprint density at radius 1 is 1.25 bits per heavy atom. The van der Waals surface area contributed by atoms with Crippen molar-refractivity contribution in [3.63, 3.8) is 0 Å². The Kier molecular flexibility index (Phi) is 4.77. The fraction of sp³-hybridized carbons (Fsp3) is 0.235. The number of amides is 1. The molecule has 0 spiro atoms. The van der Waals surface area contributed by atoms with Crippen molar-refractivity contribution in [1.29, 1.82) is 0 Å². The Balaban J connectivity index is 2.32. The molecule has 3 heteroatoms. The van der Waals surface area contributed by atoms with Crippen LogP contribution in [0.25, 0.3) is 11.6 Å². The lowest BCUT2D eigenvalue weighted by Crippen LogP contribution is -2.32. The van der Waals surface area contributed by atoms with Gasteiger partial charge in [0.05, 0.1) is 11.8 Å². The van der Waals surface area contributed by atoms with Crippen molar-refractivity contribution in [2.24, 2.45) is 0 Å². The molecule has 0 aliphatic carbocycles. The van der Waals surface area contributed by atoms with Crippen molar-refractivity contribution >= 4 is 17.6 Å². The Morgan fingerprint density at radius 3 is 2.60 bits per heavy atom. The van der Waals surface area contributed by atoms with E-state index in [2.05, 4.69) is 5.32 Å². The van der Waals surface area contributed by atoms with Crippen molar-refractivity contribution in [2.45, 2.75) is 26.3 Å². The molecule has 0 aliphatic rings. The van der Waals surface area contributed by atoms with Gasteiger partial charge in [-0.3, -0.25) is 4.79 Å². The summed E-state index contributed by atoms with van der Waals surface area (Å²) in [4.78, 5) is 12.4. The summed E-state index contributed by atoms with van der Waals surface area (Å²) in [6.45, 7) is 4.04. The zero-order valence-corrected chi connectivity index (χ0v) is 11.8. The number of rotatable bonds is 5. The number of carbonyl (C=O) groups is 1. The summed E-state index contributed by atoms with van der Waals surface area (Å²) in [6, 6.07) is 13.4. The van der Waals surface area contributed by atoms with Crippen molar-refractivity contribution in [1.82, 2.24) is 5.32 Å². The Morgan fingerprint density at radius 2 is 2.00 bits per heavy atom. The molecular weight excluding hydrogens is 250 g/mol. The van der Waals surface area contributed by atoms with E-state index in [0.717, 1.165) is 12.0 Å². The summed E-state index contributed by atoms with van der Waals surface area (Å²) in [7, 11) is 0. The van der Waals surface area contributed by atoms with E-state index in [-0.39, 0.29) is 11.9 Å². The van der Waals surface area contributed by atoms with Gasteiger partial charge in [0.15, 0.2) is 0 Å². The van der Waals surface area contributed by atoms with Crippen LogP contribution in [0.1, 0.15) is 31.6 Å². The summed E-state index contributed by atoms with van der Waals surface area (Å²) >= 11 is 0. The topological polar surface area (TPSA) is 42.2 Å². The molecule has 1 amide bonds. The molecule has 0 saturated heterocycles. The normalized spacial score (nSPS) is 13.0. The van der Waals surface area contributed by atoms with E-state index in [4.69, 9.17) is 4.42 Å². The van der Waals surface area contributed by atoms with E-state index in [1.54, 1.807) is 18.4 Å². The molecule has 1 aromatic heterocycles. The lowest BCUT2D eigenvalue weighted by molar-refractivity contribution is -0.116. The SMILES string of the molecule is CCC(C)NC(=O)/C(=C\c1ccco1)c1ccccc1. The van der Waals surface area contributed by atoms with Gasteiger partial charge in [-0.1, -0.05) is 37.3 Å². The van der Waals surface area contributed by atoms with Crippen LogP contribution in [0.2, 0.25) is 0 Å². The van der Waals surface area contributed by atoms with E-state index in [0.29, 0.717) is 11.3 Å². The predicted molar refractivity (Wildman–Crippen MR) is 80.9 cm³/mol. The second-order valence-corrected chi connectivity index (χ2v) is 4.72. The third-order valence-electron chi connectivity index (χ3n) is 3.15. The van der Waals surface area contributed by atoms with Crippen LogP contribution in [0.5, 0.6) is 0 Å². The molecule has 2 aromatic rings. The van der Waals surface area contributed by atoms with Crippen LogP contribution in [0.4, 0.5) is 0 Å². The summed E-state index contributed by atoms with van der Waals surface area (Å²) in [5, 5.41) is 2.99. The molecule has 1 unspecified atom stereocenters. The maximum Gasteiger partial charge on any atom is 0.252 e. The standard InChI is InChI=1S/C17H19NO2/c1-3-13(2)18-17(19)16(12-15-10-7-11-20-15)14-8-5-4-6-9-14/h4-13H,3H2,1-2H3,(H,18,19)/b16-12-. The van der Waals surface area contributed by atoms with Gasteiger partial charge in [-0.05, 0) is 37.1 Å². The molecule has 1 atom stereocenters. The van der Waals surface area contributed by atoms with Gasteiger partial charge in [0.25, 0.3) is 5.91 Å². The fourth-order valence-electron chi connectivity index (χ4n) is 1.82. The zero-order chi connectivity index (χ0) is 14.4. The fourth-order valence-corrected chi connectivity index (χ4v) is 1.82. The average molecular weight is 269 g/mol. The second-order valence-electron chi connectivity index (χ2n) is 4.72. The number of furan rings is 1. The van der Waals surface area contributed by atoms with Gasteiger partial charge in [-0.15, -0.1) is 0 Å². The first kappa shape index (κ1) is 14.1. The van der Waals surface area contributed by atoms with Gasteiger partial charge in [-0.25, -0.2) is 0 Å². The van der Waals surface area contributed by atoms with Crippen LogP contribution < -0.4 is 5.32 Å². The first-order valence-electron chi connectivity index (χ1n) is 6.82. The number of hydrogen-bond donors (Lipinski definition) is 1. The minimum atomic E-state index is -0.0815. The number of nitrogens with one attached hydrogen (secondary N) is 1. The predicted octanol–water partition coefficient (Wildman–Crippen LogP) is 3.73. The lowest BCUT2D eigenvalue weighted by Gasteiger charge is -2.13. The highest BCUT2D eigenvalue weighted by atomic mass is 16.3. The number of benzene rings is 1. The van der Waals surface area contributed by atoms with Gasteiger partial charge in [0, 0.05) is 6.04 Å². The molecule has 3 nitrogen and oxygen atoms in total. The third-order valence-corrected chi connectivity index (χ3v) is 3.15. The van der Waals surface area contributed by atoms with E-state index in [1.165, 1.54) is 0 Å². The zero-order valence-electron chi connectivity index (χ0n) is 11.8. The number of hydrogen-bond acceptors (Lipinski definition) is 2. The van der Waals surface area contributed by atoms with Gasteiger partial charge < -0.3 is 9.73 Å². The van der Waals surface area contributed by atoms with Crippen LogP contribution in [-0.4, -0.2) is 11.9 Å². The minimum Gasteiger partial charge on any atom is -0.465 e. The molecule has 1 heterocycles. The van der Waals surface area contributed by atoms with E-state index in [1.807, 2.05) is 50.2 Å². The molecular formula is C17H19NO2. The first-order valence-corrected chi connectivity index (χ1v) is 6.82. The highest BCUT2D eigenvalue weighted by Gasteiger charge is 2.14. The van der Waals surface area contributed by atoms with Gasteiger partial charge in [-0.2, -0.15) is 0 Å². The molecule has 0 aliphatic heterocycles. The van der Waals surface area contributed by atoms with E-state index in [9.17, 15) is 4.79 Å². The third kappa shape index (κ3) is 3.60. The summed E-state index contributed by atoms with van der Waals surface area (Å²) < 4.78 is 5.31. The van der Waals surface area contributed by atoms with Gasteiger partial charge in [0.2, 0.25) is 0 Å². The van der Waals surface area contributed by atoms with Crippen LogP contribution in [-0.2, 0) is 4.79 Å². The largest absolute Gasteiger partial charge is 0.465 e. The van der Waals surface area contributed by atoms with E-state index >= 15 is 0 Å². The summed E-state index contributed by atoms with van der Waals surface area (Å²) in [5.41, 5.74) is 1.49. The van der Waals surface area contributed by atoms with Crippen molar-refractivity contribution in [2.75, 3.05) is 0 Å². The molecule has 1 N–H and O–H groups in total. The van der Waals surface area contributed by atoms with Gasteiger partial charge >= 0.3 is 0 Å². The molecule has 2 rings (SSSR count). The molecule has 20 heavy (non-hydrogen) atoms. The Labute approximate surface area is 119 Å². The Bertz CT molecular complexity index is 570. The highest BCUT2D eigenvalue weighted by Crippen LogP contribution is 2.19. The average Bonchev–Trinajstić information content (AvgIpc) is 2.98.